The minimum absolute atomic E-state index is 0.0217. The van der Waals surface area contributed by atoms with Crippen LogP contribution in [-0.2, 0) is 21.2 Å². The summed E-state index contributed by atoms with van der Waals surface area (Å²) in [4.78, 5) is 13.3. The molecule has 0 saturated carbocycles. The number of nitrogens with one attached hydrogen (secondary N) is 2. The molecular formula is C28H25N3O5S. The van der Waals surface area contributed by atoms with E-state index in [2.05, 4.69) is 15.2 Å². The summed E-state index contributed by atoms with van der Waals surface area (Å²) < 4.78 is 28.5. The lowest BCUT2D eigenvalue weighted by molar-refractivity contribution is -0.122. The molecule has 4 rings (SSSR count). The number of benzene rings is 4. The zero-order valence-electron chi connectivity index (χ0n) is 19.7. The van der Waals surface area contributed by atoms with Crippen molar-refractivity contribution in [1.29, 1.82) is 0 Å². The molecule has 0 aliphatic heterocycles. The number of nitrogens with zero attached hydrogens (tertiary/aromatic N) is 1. The van der Waals surface area contributed by atoms with E-state index in [4.69, 9.17) is 0 Å². The third kappa shape index (κ3) is 6.40. The first kappa shape index (κ1) is 25.6. The summed E-state index contributed by atoms with van der Waals surface area (Å²) in [6.07, 6.45) is 0.0662. The van der Waals surface area contributed by atoms with Crippen molar-refractivity contribution in [3.63, 3.8) is 0 Å². The molecule has 4 aromatic rings. The lowest BCUT2D eigenvalue weighted by Crippen LogP contribution is -2.46. The number of sulfonamides is 1. The highest BCUT2D eigenvalue weighted by atomic mass is 32.2. The van der Waals surface area contributed by atoms with E-state index in [1.165, 1.54) is 24.3 Å². The molecule has 4 aromatic carbocycles. The van der Waals surface area contributed by atoms with E-state index in [0.29, 0.717) is 0 Å². The molecule has 0 aromatic heterocycles. The fraction of sp³-hybridized carbons (Fsp3) is 0.0714. The Kier molecular flexibility index (Phi) is 7.97. The molecule has 0 bridgehead atoms. The summed E-state index contributed by atoms with van der Waals surface area (Å²) in [7, 11) is -4.02. The fourth-order valence-corrected chi connectivity index (χ4v) is 4.91. The van der Waals surface area contributed by atoms with Gasteiger partial charge in [-0.1, -0.05) is 72.8 Å². The van der Waals surface area contributed by atoms with E-state index in [1.54, 1.807) is 78.9 Å². The number of para-hydroxylation sites is 2. The molecule has 0 aliphatic rings. The summed E-state index contributed by atoms with van der Waals surface area (Å²) in [5.74, 6) is -0.930. The predicted octanol–water partition coefficient (Wildman–Crippen LogP) is 3.56. The van der Waals surface area contributed by atoms with Gasteiger partial charge in [-0.2, -0.15) is 9.82 Å². The molecule has 0 aliphatic carbocycles. The predicted molar refractivity (Wildman–Crippen MR) is 141 cm³/mol. The number of carbonyl (C=O) groups is 1. The Morgan fingerprint density at radius 1 is 0.730 bits per heavy atom. The molecule has 0 fully saturated rings. The van der Waals surface area contributed by atoms with E-state index in [-0.39, 0.29) is 39.7 Å². The second-order valence-corrected chi connectivity index (χ2v) is 9.86. The van der Waals surface area contributed by atoms with Crippen LogP contribution in [-0.4, -0.2) is 36.3 Å². The van der Waals surface area contributed by atoms with Gasteiger partial charge >= 0.3 is 0 Å². The molecule has 0 radical (unpaired) electrons. The van der Waals surface area contributed by atoms with Crippen LogP contribution in [0.5, 0.6) is 11.5 Å². The van der Waals surface area contributed by atoms with Crippen LogP contribution in [0.4, 0.5) is 0 Å². The molecule has 1 amide bonds. The Morgan fingerprint density at radius 2 is 1.22 bits per heavy atom. The second kappa shape index (κ2) is 11.5. The highest BCUT2D eigenvalue weighted by Crippen LogP contribution is 2.25. The number of phenols is 2. The molecule has 9 heteroatoms. The van der Waals surface area contributed by atoms with Crippen molar-refractivity contribution in [1.82, 2.24) is 10.1 Å². The average Bonchev–Trinajstić information content (AvgIpc) is 2.91. The highest BCUT2D eigenvalue weighted by Gasteiger charge is 2.26. The lowest BCUT2D eigenvalue weighted by Gasteiger charge is -2.18. The van der Waals surface area contributed by atoms with E-state index in [1.807, 2.05) is 6.07 Å². The maximum Gasteiger partial charge on any atom is 0.258 e. The molecule has 188 valence electrons. The first-order valence-electron chi connectivity index (χ1n) is 11.4. The summed E-state index contributed by atoms with van der Waals surface area (Å²) in [5.41, 5.74) is 3.82. The molecule has 1 atom stereocenters. The number of aromatic hydroxyl groups is 2. The number of rotatable bonds is 9. The molecule has 0 heterocycles. The van der Waals surface area contributed by atoms with Crippen LogP contribution in [0.3, 0.4) is 0 Å². The van der Waals surface area contributed by atoms with Gasteiger partial charge in [0.2, 0.25) is 10.0 Å². The van der Waals surface area contributed by atoms with E-state index in [9.17, 15) is 23.4 Å². The van der Waals surface area contributed by atoms with Crippen molar-refractivity contribution in [3.05, 3.63) is 126 Å². The van der Waals surface area contributed by atoms with Crippen molar-refractivity contribution in [2.45, 2.75) is 17.4 Å². The Labute approximate surface area is 215 Å². The zero-order chi connectivity index (χ0) is 26.3. The number of carbonyl (C=O) groups excluding carboxylic acids is 1. The topological polar surface area (TPSA) is 128 Å². The minimum atomic E-state index is -4.02. The van der Waals surface area contributed by atoms with Gasteiger partial charge in [-0.25, -0.2) is 13.8 Å². The SMILES string of the molecule is O=C(NN=C(c1ccccc1O)c1ccccc1O)[C@H](Cc1ccccc1)NS(=O)(=O)c1ccccc1. The minimum Gasteiger partial charge on any atom is -0.507 e. The monoisotopic (exact) mass is 515 g/mol. The average molecular weight is 516 g/mol. The van der Waals surface area contributed by atoms with Crippen LogP contribution < -0.4 is 10.1 Å². The maximum absolute atomic E-state index is 13.3. The van der Waals surface area contributed by atoms with E-state index in [0.717, 1.165) is 5.56 Å². The van der Waals surface area contributed by atoms with Crippen molar-refractivity contribution < 1.29 is 23.4 Å². The fourth-order valence-electron chi connectivity index (χ4n) is 3.69. The van der Waals surface area contributed by atoms with Gasteiger partial charge < -0.3 is 10.2 Å². The number of amides is 1. The molecule has 4 N–H and O–H groups in total. The Morgan fingerprint density at radius 3 is 1.76 bits per heavy atom. The van der Waals surface area contributed by atoms with Crippen LogP contribution in [0.15, 0.2) is 119 Å². The summed E-state index contributed by atoms with van der Waals surface area (Å²) >= 11 is 0. The van der Waals surface area contributed by atoms with Gasteiger partial charge in [0.25, 0.3) is 5.91 Å². The van der Waals surface area contributed by atoms with Crippen LogP contribution >= 0.6 is 0 Å². The zero-order valence-corrected chi connectivity index (χ0v) is 20.5. The summed E-state index contributed by atoms with van der Waals surface area (Å²) in [5, 5.41) is 25.0. The van der Waals surface area contributed by atoms with E-state index < -0.39 is 22.0 Å². The Hall–Kier alpha value is -4.47. The third-order valence-corrected chi connectivity index (χ3v) is 7.03. The van der Waals surface area contributed by atoms with Crippen molar-refractivity contribution in [3.8, 4) is 11.5 Å². The largest absolute Gasteiger partial charge is 0.507 e. The standard InChI is InChI=1S/C28H25N3O5S/c32-25-17-9-7-15-22(25)27(23-16-8-10-18-26(23)33)29-30-28(34)24(19-20-11-3-1-4-12-20)31-37(35,36)21-13-5-2-6-14-21/h1-18,24,31-33H,19H2,(H,30,34)/t24-/m0/s1. The van der Waals surface area contributed by atoms with Gasteiger partial charge in [0.1, 0.15) is 23.3 Å². The smallest absolute Gasteiger partial charge is 0.258 e. The van der Waals surface area contributed by atoms with Gasteiger partial charge in [0.15, 0.2) is 0 Å². The highest BCUT2D eigenvalue weighted by molar-refractivity contribution is 7.89. The summed E-state index contributed by atoms with van der Waals surface area (Å²) in [6, 6.07) is 28.3. The molecule has 8 nitrogen and oxygen atoms in total. The first-order chi connectivity index (χ1) is 17.8. The van der Waals surface area contributed by atoms with E-state index >= 15 is 0 Å². The van der Waals surface area contributed by atoms with Gasteiger partial charge in [0, 0.05) is 11.1 Å². The van der Waals surface area contributed by atoms with Crippen LogP contribution in [0.2, 0.25) is 0 Å². The van der Waals surface area contributed by atoms with Crippen molar-refractivity contribution in [2.24, 2.45) is 5.10 Å². The van der Waals surface area contributed by atoms with Gasteiger partial charge in [-0.05, 0) is 48.4 Å². The van der Waals surface area contributed by atoms with Gasteiger partial charge in [-0.15, -0.1) is 0 Å². The number of hydrogen-bond acceptors (Lipinski definition) is 6. The third-order valence-electron chi connectivity index (χ3n) is 5.55. The molecule has 0 saturated heterocycles. The van der Waals surface area contributed by atoms with Crippen LogP contribution in [0.1, 0.15) is 16.7 Å². The molecule has 0 unspecified atom stereocenters. The van der Waals surface area contributed by atoms with Gasteiger partial charge in [-0.3, -0.25) is 4.79 Å². The molecule has 37 heavy (non-hydrogen) atoms. The summed E-state index contributed by atoms with van der Waals surface area (Å²) in [6.45, 7) is 0. The number of hydrazone groups is 1. The maximum atomic E-state index is 13.3. The molecular weight excluding hydrogens is 490 g/mol. The Bertz CT molecular complexity index is 1460. The first-order valence-corrected chi connectivity index (χ1v) is 12.9. The van der Waals surface area contributed by atoms with Gasteiger partial charge in [0.05, 0.1) is 4.90 Å². The van der Waals surface area contributed by atoms with Crippen molar-refractivity contribution >= 4 is 21.6 Å². The second-order valence-electron chi connectivity index (χ2n) is 8.15. The molecule has 0 spiro atoms. The number of phenolic OH excluding ortho intramolecular Hbond substituents is 2. The van der Waals surface area contributed by atoms with Crippen LogP contribution in [0.25, 0.3) is 0 Å². The quantitative estimate of drug-likeness (QED) is 0.200. The Balaban J connectivity index is 1.68. The normalized spacial score (nSPS) is 11.9. The van der Waals surface area contributed by atoms with Crippen molar-refractivity contribution in [2.75, 3.05) is 0 Å². The van der Waals surface area contributed by atoms with Crippen LogP contribution in [0, 0.1) is 0 Å². The lowest BCUT2D eigenvalue weighted by atomic mass is 10.0. The number of hydrogen-bond donors (Lipinski definition) is 4.